The van der Waals surface area contributed by atoms with Crippen molar-refractivity contribution in [1.82, 2.24) is 9.55 Å². The number of fused-ring (bicyclic) bond motifs is 2. The molecule has 0 bridgehead atoms. The minimum Gasteiger partial charge on any atom is -0.464 e. The molecule has 0 saturated heterocycles. The average molecular weight is 292 g/mol. The number of hydrogen-bond donors (Lipinski definition) is 1. The molecule has 5 nitrogen and oxygen atoms in total. The maximum Gasteiger partial charge on any atom is 0.329 e. The van der Waals surface area contributed by atoms with Crippen molar-refractivity contribution in [3.8, 4) is 0 Å². The fourth-order valence-corrected chi connectivity index (χ4v) is 2.62. The second-order valence-corrected chi connectivity index (χ2v) is 5.16. The highest BCUT2D eigenvalue weighted by Gasteiger charge is 2.08. The molecular weight excluding hydrogens is 280 g/mol. The molecule has 0 aliphatic carbocycles. The van der Waals surface area contributed by atoms with Crippen molar-refractivity contribution in [2.45, 2.75) is 6.54 Å². The number of aromatic amines is 1. The second kappa shape index (κ2) is 4.73. The Balaban J connectivity index is 1.87. The van der Waals surface area contributed by atoms with Crippen LogP contribution in [0.2, 0.25) is 0 Å². The minimum atomic E-state index is -0.414. The van der Waals surface area contributed by atoms with Crippen molar-refractivity contribution >= 4 is 21.9 Å². The molecule has 2 aromatic carbocycles. The number of H-pyrrole nitrogens is 1. The van der Waals surface area contributed by atoms with Gasteiger partial charge in [-0.15, -0.1) is 0 Å². The Morgan fingerprint density at radius 2 is 1.91 bits per heavy atom. The summed E-state index contributed by atoms with van der Waals surface area (Å²) in [5.41, 5.74) is 1.42. The quantitative estimate of drug-likeness (QED) is 0.617. The summed E-state index contributed by atoms with van der Waals surface area (Å²) in [6.45, 7) is 0.204. The number of nitrogens with one attached hydrogen (secondary N) is 1. The van der Waals surface area contributed by atoms with Gasteiger partial charge in [-0.1, -0.05) is 24.3 Å². The lowest BCUT2D eigenvalue weighted by molar-refractivity contribution is 0.614. The van der Waals surface area contributed by atoms with Crippen LogP contribution in [0.4, 0.5) is 0 Å². The number of aromatic nitrogens is 2. The van der Waals surface area contributed by atoms with Crippen LogP contribution < -0.4 is 11.2 Å². The fourth-order valence-electron chi connectivity index (χ4n) is 2.62. The minimum absolute atomic E-state index is 0.204. The molecule has 2 heterocycles. The van der Waals surface area contributed by atoms with Crippen molar-refractivity contribution in [1.29, 1.82) is 0 Å². The Morgan fingerprint density at radius 1 is 1.05 bits per heavy atom. The zero-order chi connectivity index (χ0) is 15.1. The van der Waals surface area contributed by atoms with E-state index in [2.05, 4.69) is 4.98 Å². The molecule has 0 amide bonds. The molecule has 108 valence electrons. The lowest BCUT2D eigenvalue weighted by Gasteiger charge is -2.06. The summed E-state index contributed by atoms with van der Waals surface area (Å²) < 4.78 is 6.55. The van der Waals surface area contributed by atoms with Gasteiger partial charge >= 0.3 is 5.69 Å². The van der Waals surface area contributed by atoms with Gasteiger partial charge in [-0.2, -0.15) is 0 Å². The highest BCUT2D eigenvalue weighted by molar-refractivity contribution is 5.78. The van der Waals surface area contributed by atoms with Crippen molar-refractivity contribution in [2.24, 2.45) is 0 Å². The first kappa shape index (κ1) is 12.6. The van der Waals surface area contributed by atoms with E-state index in [4.69, 9.17) is 4.42 Å². The van der Waals surface area contributed by atoms with Crippen LogP contribution in [0.25, 0.3) is 21.9 Å². The van der Waals surface area contributed by atoms with E-state index in [1.165, 1.54) is 4.57 Å². The number of para-hydroxylation sites is 1. The monoisotopic (exact) mass is 292 g/mol. The van der Waals surface area contributed by atoms with Gasteiger partial charge in [0.1, 0.15) is 5.58 Å². The summed E-state index contributed by atoms with van der Waals surface area (Å²) >= 11 is 0. The summed E-state index contributed by atoms with van der Waals surface area (Å²) in [7, 11) is 0. The number of rotatable bonds is 2. The maximum atomic E-state index is 12.5. The number of furan rings is 1. The molecule has 0 fully saturated rings. The van der Waals surface area contributed by atoms with E-state index in [1.54, 1.807) is 30.5 Å². The van der Waals surface area contributed by atoms with Crippen LogP contribution in [-0.2, 0) is 6.54 Å². The Morgan fingerprint density at radius 3 is 2.82 bits per heavy atom. The van der Waals surface area contributed by atoms with E-state index in [-0.39, 0.29) is 12.1 Å². The fraction of sp³-hybridized carbons (Fsp3) is 0.0588. The first-order valence-corrected chi connectivity index (χ1v) is 6.90. The summed E-state index contributed by atoms with van der Waals surface area (Å²) in [5, 5.41) is 1.49. The van der Waals surface area contributed by atoms with Crippen molar-refractivity contribution in [3.63, 3.8) is 0 Å². The topological polar surface area (TPSA) is 68.0 Å². The molecule has 4 rings (SSSR count). The van der Waals surface area contributed by atoms with E-state index in [0.717, 1.165) is 16.5 Å². The number of hydrogen-bond acceptors (Lipinski definition) is 3. The Hall–Kier alpha value is -3.08. The van der Waals surface area contributed by atoms with Gasteiger partial charge in [0.2, 0.25) is 0 Å². The van der Waals surface area contributed by atoms with Gasteiger partial charge in [-0.3, -0.25) is 9.36 Å². The van der Waals surface area contributed by atoms with Gasteiger partial charge in [-0.05, 0) is 29.8 Å². The van der Waals surface area contributed by atoms with Crippen LogP contribution in [0.1, 0.15) is 5.56 Å². The smallest absolute Gasteiger partial charge is 0.329 e. The zero-order valence-electron chi connectivity index (χ0n) is 11.6. The summed E-state index contributed by atoms with van der Waals surface area (Å²) in [4.78, 5) is 27.4. The molecule has 0 radical (unpaired) electrons. The third-order valence-electron chi connectivity index (χ3n) is 3.75. The molecule has 0 atom stereocenters. The molecule has 1 N–H and O–H groups in total. The van der Waals surface area contributed by atoms with Crippen LogP contribution in [0.3, 0.4) is 0 Å². The molecule has 4 aromatic rings. The predicted octanol–water partition coefficient (Wildman–Crippen LogP) is 2.48. The van der Waals surface area contributed by atoms with E-state index >= 15 is 0 Å². The van der Waals surface area contributed by atoms with E-state index < -0.39 is 5.69 Å². The van der Waals surface area contributed by atoms with E-state index in [0.29, 0.717) is 10.9 Å². The molecule has 5 heteroatoms. The van der Waals surface area contributed by atoms with Crippen molar-refractivity contribution in [2.75, 3.05) is 0 Å². The van der Waals surface area contributed by atoms with Gasteiger partial charge in [0.25, 0.3) is 5.56 Å². The van der Waals surface area contributed by atoms with Gasteiger partial charge in [0, 0.05) is 5.39 Å². The molecule has 0 spiro atoms. The van der Waals surface area contributed by atoms with Crippen LogP contribution in [0.5, 0.6) is 0 Å². The van der Waals surface area contributed by atoms with Crippen molar-refractivity contribution < 1.29 is 4.42 Å². The third kappa shape index (κ3) is 1.95. The summed E-state index contributed by atoms with van der Waals surface area (Å²) in [6.07, 6.45) is 1.61. The highest BCUT2D eigenvalue weighted by Crippen LogP contribution is 2.17. The largest absolute Gasteiger partial charge is 0.464 e. The Kier molecular flexibility index (Phi) is 2.72. The van der Waals surface area contributed by atoms with Gasteiger partial charge < -0.3 is 9.40 Å². The lowest BCUT2D eigenvalue weighted by Crippen LogP contribution is -2.35. The molecule has 0 aliphatic rings. The molecule has 0 unspecified atom stereocenters. The highest BCUT2D eigenvalue weighted by atomic mass is 16.3. The van der Waals surface area contributed by atoms with Crippen LogP contribution >= 0.6 is 0 Å². The van der Waals surface area contributed by atoms with Crippen LogP contribution in [0, 0.1) is 0 Å². The van der Waals surface area contributed by atoms with E-state index in [9.17, 15) is 9.59 Å². The van der Waals surface area contributed by atoms with E-state index in [1.807, 2.05) is 24.3 Å². The standard InChI is InChI=1S/C17H12N2O3/c20-16-13-3-1-2-4-14(13)18-17(21)19(16)10-11-5-6-12-7-8-22-15(12)9-11/h1-9H,10H2,(H,18,21). The normalized spacial score (nSPS) is 11.3. The first-order valence-electron chi connectivity index (χ1n) is 6.90. The summed E-state index contributed by atoms with van der Waals surface area (Å²) in [6, 6.07) is 14.5. The molecule has 0 saturated carbocycles. The molecule has 2 aromatic heterocycles. The SMILES string of the molecule is O=c1[nH]c2ccccc2c(=O)n1Cc1ccc2ccoc2c1. The number of nitrogens with zero attached hydrogens (tertiary/aromatic N) is 1. The third-order valence-corrected chi connectivity index (χ3v) is 3.75. The molecular formula is C17H12N2O3. The molecule has 0 aliphatic heterocycles. The Bertz CT molecular complexity index is 1100. The Labute approximate surface area is 124 Å². The summed E-state index contributed by atoms with van der Waals surface area (Å²) in [5.74, 6) is 0. The lowest BCUT2D eigenvalue weighted by atomic mass is 10.1. The zero-order valence-corrected chi connectivity index (χ0v) is 11.6. The molecule has 22 heavy (non-hydrogen) atoms. The van der Waals surface area contributed by atoms with Gasteiger partial charge in [0.15, 0.2) is 0 Å². The van der Waals surface area contributed by atoms with Crippen LogP contribution in [-0.4, -0.2) is 9.55 Å². The first-order chi connectivity index (χ1) is 10.7. The van der Waals surface area contributed by atoms with Crippen LogP contribution in [0.15, 0.2) is 68.8 Å². The second-order valence-electron chi connectivity index (χ2n) is 5.16. The van der Waals surface area contributed by atoms with Crippen molar-refractivity contribution in [3.05, 3.63) is 81.2 Å². The van der Waals surface area contributed by atoms with Gasteiger partial charge in [-0.25, -0.2) is 4.79 Å². The van der Waals surface area contributed by atoms with Gasteiger partial charge in [0.05, 0.1) is 23.7 Å². The predicted molar refractivity (Wildman–Crippen MR) is 84.1 cm³/mol. The number of benzene rings is 2. The average Bonchev–Trinajstić information content (AvgIpc) is 2.99. The maximum absolute atomic E-state index is 12.5.